The number of anilines is 1. The van der Waals surface area contributed by atoms with Gasteiger partial charge in [0.25, 0.3) is 5.91 Å². The van der Waals surface area contributed by atoms with Crippen molar-refractivity contribution in [1.82, 2.24) is 4.98 Å². The number of ether oxygens (including phenoxy) is 1. The van der Waals surface area contributed by atoms with Crippen molar-refractivity contribution in [2.75, 3.05) is 12.4 Å². The van der Waals surface area contributed by atoms with E-state index in [1.54, 1.807) is 26.3 Å². The van der Waals surface area contributed by atoms with Crippen molar-refractivity contribution in [2.24, 2.45) is 0 Å². The molecule has 0 spiro atoms. The molecule has 1 aromatic carbocycles. The molecule has 0 radical (unpaired) electrons. The SMILES string of the molecule is COc1ccc2cc(NC(=O)c3cc(C)oc3C)cnc2c1. The first-order chi connectivity index (χ1) is 10.6. The second kappa shape index (κ2) is 5.52. The molecular weight excluding hydrogens is 280 g/mol. The summed E-state index contributed by atoms with van der Waals surface area (Å²) in [6, 6.07) is 9.22. The van der Waals surface area contributed by atoms with Crippen LogP contribution in [0.5, 0.6) is 5.75 Å². The van der Waals surface area contributed by atoms with E-state index in [0.717, 1.165) is 16.7 Å². The maximum atomic E-state index is 12.3. The fourth-order valence-electron chi connectivity index (χ4n) is 2.35. The molecule has 2 heterocycles. The first-order valence-corrected chi connectivity index (χ1v) is 6.89. The highest BCUT2D eigenvalue weighted by atomic mass is 16.5. The molecule has 0 aliphatic rings. The van der Waals surface area contributed by atoms with Gasteiger partial charge in [-0.3, -0.25) is 9.78 Å². The Morgan fingerprint density at radius 3 is 2.73 bits per heavy atom. The van der Waals surface area contributed by atoms with E-state index >= 15 is 0 Å². The highest BCUT2D eigenvalue weighted by molar-refractivity contribution is 6.05. The van der Waals surface area contributed by atoms with Gasteiger partial charge < -0.3 is 14.5 Å². The van der Waals surface area contributed by atoms with E-state index in [4.69, 9.17) is 9.15 Å². The predicted molar refractivity (Wildman–Crippen MR) is 84.4 cm³/mol. The monoisotopic (exact) mass is 296 g/mol. The van der Waals surface area contributed by atoms with Crippen LogP contribution in [0.25, 0.3) is 10.9 Å². The summed E-state index contributed by atoms with van der Waals surface area (Å²) in [7, 11) is 1.62. The number of nitrogens with one attached hydrogen (secondary N) is 1. The van der Waals surface area contributed by atoms with Gasteiger partial charge >= 0.3 is 0 Å². The van der Waals surface area contributed by atoms with Crippen molar-refractivity contribution < 1.29 is 13.9 Å². The lowest BCUT2D eigenvalue weighted by Crippen LogP contribution is -2.12. The molecule has 0 atom stereocenters. The van der Waals surface area contributed by atoms with Gasteiger partial charge in [-0.25, -0.2) is 0 Å². The molecular formula is C17H16N2O3. The molecule has 0 fully saturated rings. The number of carbonyl (C=O) groups is 1. The summed E-state index contributed by atoms with van der Waals surface area (Å²) in [5.41, 5.74) is 1.99. The number of furan rings is 1. The average molecular weight is 296 g/mol. The van der Waals surface area contributed by atoms with Crippen LogP contribution in [0.1, 0.15) is 21.9 Å². The van der Waals surface area contributed by atoms with Gasteiger partial charge in [0.1, 0.15) is 17.3 Å². The number of pyridine rings is 1. The number of benzene rings is 1. The third-order valence-electron chi connectivity index (χ3n) is 3.43. The van der Waals surface area contributed by atoms with Gasteiger partial charge in [-0.2, -0.15) is 0 Å². The molecule has 2 aromatic heterocycles. The Bertz CT molecular complexity index is 852. The molecule has 3 aromatic rings. The summed E-state index contributed by atoms with van der Waals surface area (Å²) in [5.74, 6) is 1.87. The average Bonchev–Trinajstić information content (AvgIpc) is 2.85. The largest absolute Gasteiger partial charge is 0.497 e. The summed E-state index contributed by atoms with van der Waals surface area (Å²) in [6.45, 7) is 3.58. The number of aromatic nitrogens is 1. The van der Waals surface area contributed by atoms with Crippen molar-refractivity contribution in [3.63, 3.8) is 0 Å². The molecule has 0 aliphatic carbocycles. The van der Waals surface area contributed by atoms with E-state index < -0.39 is 0 Å². The molecule has 5 heteroatoms. The Hall–Kier alpha value is -2.82. The lowest BCUT2D eigenvalue weighted by Gasteiger charge is -2.06. The zero-order valence-electron chi connectivity index (χ0n) is 12.6. The third kappa shape index (κ3) is 2.65. The quantitative estimate of drug-likeness (QED) is 0.800. The molecule has 1 amide bonds. The third-order valence-corrected chi connectivity index (χ3v) is 3.43. The molecule has 5 nitrogen and oxygen atoms in total. The Morgan fingerprint density at radius 1 is 1.23 bits per heavy atom. The summed E-state index contributed by atoms with van der Waals surface area (Å²) >= 11 is 0. The van der Waals surface area contributed by atoms with Crippen LogP contribution in [0.2, 0.25) is 0 Å². The van der Waals surface area contributed by atoms with Crippen molar-refractivity contribution in [2.45, 2.75) is 13.8 Å². The van der Waals surface area contributed by atoms with Crippen molar-refractivity contribution >= 4 is 22.5 Å². The number of hydrogen-bond donors (Lipinski definition) is 1. The summed E-state index contributed by atoms with van der Waals surface area (Å²) in [5, 5.41) is 3.77. The predicted octanol–water partition coefficient (Wildman–Crippen LogP) is 3.71. The second-order valence-electron chi connectivity index (χ2n) is 5.06. The van der Waals surface area contributed by atoms with E-state index in [1.165, 1.54) is 0 Å². The Morgan fingerprint density at radius 2 is 2.05 bits per heavy atom. The van der Waals surface area contributed by atoms with Crippen LogP contribution in [0, 0.1) is 13.8 Å². The van der Waals surface area contributed by atoms with Crippen LogP contribution in [0.4, 0.5) is 5.69 Å². The van der Waals surface area contributed by atoms with Gasteiger partial charge in [0.05, 0.1) is 30.1 Å². The van der Waals surface area contributed by atoms with Crippen LogP contribution >= 0.6 is 0 Å². The molecule has 22 heavy (non-hydrogen) atoms. The van der Waals surface area contributed by atoms with Gasteiger partial charge in [-0.05, 0) is 38.1 Å². The minimum atomic E-state index is -0.205. The highest BCUT2D eigenvalue weighted by Gasteiger charge is 2.14. The van der Waals surface area contributed by atoms with Crippen LogP contribution in [-0.4, -0.2) is 18.0 Å². The lowest BCUT2D eigenvalue weighted by atomic mass is 10.2. The summed E-state index contributed by atoms with van der Waals surface area (Å²) in [6.07, 6.45) is 1.63. The van der Waals surface area contributed by atoms with Gasteiger partial charge in [-0.1, -0.05) is 0 Å². The molecule has 0 unspecified atom stereocenters. The number of aryl methyl sites for hydroxylation is 2. The number of rotatable bonds is 3. The number of methoxy groups -OCH3 is 1. The molecule has 0 aliphatic heterocycles. The molecule has 0 saturated heterocycles. The Balaban J connectivity index is 1.87. The molecule has 1 N–H and O–H groups in total. The Kier molecular flexibility index (Phi) is 3.55. The zero-order chi connectivity index (χ0) is 15.7. The van der Waals surface area contributed by atoms with Crippen LogP contribution in [0.3, 0.4) is 0 Å². The summed E-state index contributed by atoms with van der Waals surface area (Å²) in [4.78, 5) is 16.6. The molecule has 112 valence electrons. The topological polar surface area (TPSA) is 64.4 Å². The highest BCUT2D eigenvalue weighted by Crippen LogP contribution is 2.22. The second-order valence-corrected chi connectivity index (χ2v) is 5.06. The number of amides is 1. The molecule has 3 rings (SSSR count). The van der Waals surface area contributed by atoms with Crippen molar-refractivity contribution in [1.29, 1.82) is 0 Å². The van der Waals surface area contributed by atoms with Gasteiger partial charge in [-0.15, -0.1) is 0 Å². The van der Waals surface area contributed by atoms with E-state index in [1.807, 2.05) is 31.2 Å². The Labute approximate surface area is 127 Å². The molecule has 0 bridgehead atoms. The van der Waals surface area contributed by atoms with Gasteiger partial charge in [0.15, 0.2) is 0 Å². The number of carbonyl (C=O) groups excluding carboxylic acids is 1. The van der Waals surface area contributed by atoms with Crippen LogP contribution in [0.15, 0.2) is 40.9 Å². The number of nitrogens with zero attached hydrogens (tertiary/aromatic N) is 1. The van der Waals surface area contributed by atoms with Gasteiger partial charge in [0, 0.05) is 11.5 Å². The lowest BCUT2D eigenvalue weighted by molar-refractivity contribution is 0.102. The van der Waals surface area contributed by atoms with Crippen molar-refractivity contribution in [3.05, 3.63) is 53.6 Å². The fourth-order valence-corrected chi connectivity index (χ4v) is 2.35. The van der Waals surface area contributed by atoms with Crippen LogP contribution in [-0.2, 0) is 0 Å². The summed E-state index contributed by atoms with van der Waals surface area (Å²) < 4.78 is 10.5. The van der Waals surface area contributed by atoms with E-state index in [2.05, 4.69) is 10.3 Å². The maximum Gasteiger partial charge on any atom is 0.259 e. The van der Waals surface area contributed by atoms with Crippen LogP contribution < -0.4 is 10.1 Å². The van der Waals surface area contributed by atoms with Gasteiger partial charge in [0.2, 0.25) is 0 Å². The first-order valence-electron chi connectivity index (χ1n) is 6.89. The van der Waals surface area contributed by atoms with E-state index in [9.17, 15) is 4.79 Å². The minimum absolute atomic E-state index is 0.205. The number of hydrogen-bond acceptors (Lipinski definition) is 4. The van der Waals surface area contributed by atoms with Crippen molar-refractivity contribution in [3.8, 4) is 5.75 Å². The zero-order valence-corrected chi connectivity index (χ0v) is 12.6. The smallest absolute Gasteiger partial charge is 0.259 e. The minimum Gasteiger partial charge on any atom is -0.497 e. The normalized spacial score (nSPS) is 10.7. The standard InChI is InChI=1S/C17H16N2O3/c1-10-6-15(11(2)22-10)17(20)19-13-7-12-4-5-14(21-3)8-16(12)18-9-13/h4-9H,1-3H3,(H,19,20). The molecule has 0 saturated carbocycles. The maximum absolute atomic E-state index is 12.3. The van der Waals surface area contributed by atoms with E-state index in [0.29, 0.717) is 22.8 Å². The van der Waals surface area contributed by atoms with E-state index in [-0.39, 0.29) is 5.91 Å². The first kappa shape index (κ1) is 14.1. The number of fused-ring (bicyclic) bond motifs is 1. The fraction of sp³-hybridized carbons (Fsp3) is 0.176.